The molecule has 33 heavy (non-hydrogen) atoms. The fraction of sp³-hybridized carbons (Fsp3) is 0.545. The monoisotopic (exact) mass is 559 g/mol. The molecule has 0 radical (unpaired) electrons. The molecule has 2 aromatic rings. The maximum absolute atomic E-state index is 15.0. The molecule has 0 spiro atoms. The summed E-state index contributed by atoms with van der Waals surface area (Å²) in [5, 5.41) is 0.647. The molecule has 0 saturated carbocycles. The van der Waals surface area contributed by atoms with Gasteiger partial charge in [-0.1, -0.05) is 43.3 Å². The Hall–Kier alpha value is -1.65. The zero-order valence-electron chi connectivity index (χ0n) is 19.4. The number of carbonyl (C=O) groups excluding carboxylic acids is 1. The predicted molar refractivity (Wildman–Crippen MR) is 135 cm³/mol. The zero-order valence-corrected chi connectivity index (χ0v) is 22.5. The van der Waals surface area contributed by atoms with Crippen molar-refractivity contribution in [1.82, 2.24) is 19.9 Å². The highest BCUT2D eigenvalue weighted by atomic mass is 79.9. The van der Waals surface area contributed by atoms with E-state index in [0.717, 1.165) is 5.75 Å². The van der Waals surface area contributed by atoms with Crippen LogP contribution in [-0.2, 0) is 4.74 Å². The molecular formula is C22H28BrClFN5O2S. The first-order valence-electron chi connectivity index (χ1n) is 10.7. The normalized spacial score (nSPS) is 17.9. The summed E-state index contributed by atoms with van der Waals surface area (Å²) in [5.74, 6) is 0.600. The molecule has 180 valence electrons. The van der Waals surface area contributed by atoms with Crippen LogP contribution in [0.15, 0.2) is 22.4 Å². The molecule has 0 N–H and O–H groups in total. The minimum absolute atomic E-state index is 0.00594. The molecule has 1 amide bonds. The quantitative estimate of drug-likeness (QED) is 0.194. The Morgan fingerprint density at radius 2 is 2.09 bits per heavy atom. The van der Waals surface area contributed by atoms with Gasteiger partial charge in [0.15, 0.2) is 16.1 Å². The number of rotatable bonds is 5. The first kappa shape index (κ1) is 26.0. The largest absolute Gasteiger partial charge is 0.444 e. The molecule has 1 aliphatic rings. The Kier molecular flexibility index (Phi) is 8.11. The highest BCUT2D eigenvalue weighted by Gasteiger charge is 2.36. The van der Waals surface area contributed by atoms with Gasteiger partial charge in [-0.15, -0.1) is 6.58 Å². The molecule has 1 aliphatic heterocycles. The van der Waals surface area contributed by atoms with E-state index in [1.807, 2.05) is 40.7 Å². The van der Waals surface area contributed by atoms with Crippen molar-refractivity contribution in [2.45, 2.75) is 51.4 Å². The summed E-state index contributed by atoms with van der Waals surface area (Å²) in [4.78, 5) is 29.8. The van der Waals surface area contributed by atoms with Crippen molar-refractivity contribution < 1.29 is 13.9 Å². The van der Waals surface area contributed by atoms with Crippen molar-refractivity contribution in [3.8, 4) is 0 Å². The van der Waals surface area contributed by atoms with Crippen LogP contribution in [-0.4, -0.2) is 63.0 Å². The van der Waals surface area contributed by atoms with Crippen LogP contribution >= 0.6 is 39.3 Å². The number of anilines is 1. The number of nitrogens with zero attached hydrogens (tertiary/aromatic N) is 5. The van der Waals surface area contributed by atoms with Gasteiger partial charge in [0.25, 0.3) is 0 Å². The second-order valence-corrected chi connectivity index (χ2v) is 11.1. The van der Waals surface area contributed by atoms with Crippen molar-refractivity contribution >= 4 is 62.1 Å². The standard InChI is InChI=1S/C22H28BrClFN5O2S/c1-7-12(3)13-11-29(21(31)32-22(4,5)6)9-10-30(13)19-14-16(26-20(28-19)33-8-2)15(25)18(24)27-17(14)23/h7,12-13H,1,8-11H2,2-6H3. The molecule has 1 saturated heterocycles. The van der Waals surface area contributed by atoms with Gasteiger partial charge in [0.05, 0.1) is 11.4 Å². The molecule has 0 bridgehead atoms. The van der Waals surface area contributed by atoms with E-state index in [2.05, 4.69) is 37.4 Å². The molecule has 1 fully saturated rings. The SMILES string of the molecule is C=CC(C)C1CN(C(=O)OC(C)(C)C)CCN1c1nc(SCC)nc2c(F)c(Cl)nc(Br)c12. The lowest BCUT2D eigenvalue weighted by atomic mass is 9.97. The second-order valence-electron chi connectivity index (χ2n) is 8.78. The lowest BCUT2D eigenvalue weighted by molar-refractivity contribution is 0.0205. The summed E-state index contributed by atoms with van der Waals surface area (Å²) >= 11 is 10.8. The summed E-state index contributed by atoms with van der Waals surface area (Å²) in [7, 11) is 0. The number of halogens is 3. The van der Waals surface area contributed by atoms with Crippen LogP contribution in [0.5, 0.6) is 0 Å². The van der Waals surface area contributed by atoms with Crippen LogP contribution in [0.1, 0.15) is 34.6 Å². The topological polar surface area (TPSA) is 71.5 Å². The second kappa shape index (κ2) is 10.3. The summed E-state index contributed by atoms with van der Waals surface area (Å²) < 4.78 is 20.9. The first-order chi connectivity index (χ1) is 15.5. The van der Waals surface area contributed by atoms with Gasteiger partial charge in [0, 0.05) is 19.6 Å². The van der Waals surface area contributed by atoms with Gasteiger partial charge in [-0.25, -0.2) is 24.1 Å². The van der Waals surface area contributed by atoms with E-state index in [-0.39, 0.29) is 28.7 Å². The smallest absolute Gasteiger partial charge is 0.410 e. The Balaban J connectivity index is 2.10. The van der Waals surface area contributed by atoms with Gasteiger partial charge in [0.2, 0.25) is 0 Å². The van der Waals surface area contributed by atoms with Gasteiger partial charge in [-0.05, 0) is 48.4 Å². The van der Waals surface area contributed by atoms with E-state index in [9.17, 15) is 9.18 Å². The number of piperazine rings is 1. The average Bonchev–Trinajstić information content (AvgIpc) is 2.75. The van der Waals surface area contributed by atoms with Crippen molar-refractivity contribution in [3.05, 3.63) is 28.2 Å². The Labute approximate surface area is 211 Å². The maximum atomic E-state index is 15.0. The van der Waals surface area contributed by atoms with Crippen LogP contribution in [0.3, 0.4) is 0 Å². The summed E-state index contributed by atoms with van der Waals surface area (Å²) in [5.41, 5.74) is -0.474. The van der Waals surface area contributed by atoms with Crippen LogP contribution in [0.4, 0.5) is 15.0 Å². The molecule has 3 rings (SSSR count). The first-order valence-corrected chi connectivity index (χ1v) is 12.8. The van der Waals surface area contributed by atoms with E-state index in [0.29, 0.717) is 40.6 Å². The van der Waals surface area contributed by atoms with Crippen molar-refractivity contribution in [1.29, 1.82) is 0 Å². The van der Waals surface area contributed by atoms with Crippen molar-refractivity contribution in [3.63, 3.8) is 0 Å². The van der Waals surface area contributed by atoms with E-state index in [4.69, 9.17) is 21.3 Å². The van der Waals surface area contributed by atoms with Gasteiger partial charge >= 0.3 is 6.09 Å². The predicted octanol–water partition coefficient (Wildman–Crippen LogP) is 5.94. The van der Waals surface area contributed by atoms with Crippen LogP contribution in [0.25, 0.3) is 10.9 Å². The number of ether oxygens (including phenoxy) is 1. The van der Waals surface area contributed by atoms with Crippen LogP contribution in [0.2, 0.25) is 5.15 Å². The molecular weight excluding hydrogens is 533 g/mol. The van der Waals surface area contributed by atoms with E-state index < -0.39 is 11.4 Å². The third-order valence-corrected chi connectivity index (χ3v) is 6.81. The van der Waals surface area contributed by atoms with Gasteiger partial charge in [-0.2, -0.15) is 0 Å². The number of hydrogen-bond donors (Lipinski definition) is 0. The molecule has 7 nitrogen and oxygen atoms in total. The molecule has 0 aromatic carbocycles. The number of hydrogen-bond acceptors (Lipinski definition) is 7. The molecule has 2 aromatic heterocycles. The molecule has 2 atom stereocenters. The molecule has 3 heterocycles. The number of aromatic nitrogens is 3. The Morgan fingerprint density at radius 1 is 1.39 bits per heavy atom. The Bertz CT molecular complexity index is 1070. The summed E-state index contributed by atoms with van der Waals surface area (Å²) in [6, 6.07) is -0.160. The molecule has 0 aliphatic carbocycles. The lowest BCUT2D eigenvalue weighted by Crippen LogP contribution is -2.57. The van der Waals surface area contributed by atoms with E-state index in [1.54, 1.807) is 4.90 Å². The maximum Gasteiger partial charge on any atom is 0.410 e. The van der Waals surface area contributed by atoms with Crippen molar-refractivity contribution in [2.75, 3.05) is 30.3 Å². The number of amides is 1. The minimum atomic E-state index is -0.683. The highest BCUT2D eigenvalue weighted by Crippen LogP contribution is 2.37. The highest BCUT2D eigenvalue weighted by molar-refractivity contribution is 9.10. The number of carbonyl (C=O) groups is 1. The number of pyridine rings is 1. The van der Waals surface area contributed by atoms with Crippen molar-refractivity contribution in [2.24, 2.45) is 5.92 Å². The average molecular weight is 561 g/mol. The van der Waals surface area contributed by atoms with Crippen LogP contribution in [0, 0.1) is 11.7 Å². The zero-order chi connectivity index (χ0) is 24.5. The summed E-state index contributed by atoms with van der Waals surface area (Å²) in [6.45, 7) is 14.8. The fourth-order valence-corrected chi connectivity index (χ4v) is 5.02. The minimum Gasteiger partial charge on any atom is -0.444 e. The van der Waals surface area contributed by atoms with Gasteiger partial charge < -0.3 is 14.5 Å². The van der Waals surface area contributed by atoms with E-state index >= 15 is 0 Å². The van der Waals surface area contributed by atoms with Crippen LogP contribution < -0.4 is 4.90 Å². The Morgan fingerprint density at radius 3 is 2.70 bits per heavy atom. The number of thioether (sulfide) groups is 1. The lowest BCUT2D eigenvalue weighted by Gasteiger charge is -2.44. The third-order valence-electron chi connectivity index (χ3n) is 5.26. The third kappa shape index (κ3) is 5.71. The van der Waals surface area contributed by atoms with Gasteiger partial charge in [-0.3, -0.25) is 0 Å². The van der Waals surface area contributed by atoms with Gasteiger partial charge in [0.1, 0.15) is 21.5 Å². The summed E-state index contributed by atoms with van der Waals surface area (Å²) in [6.07, 6.45) is 1.48. The molecule has 2 unspecified atom stereocenters. The van der Waals surface area contributed by atoms with E-state index in [1.165, 1.54) is 11.8 Å². The fourth-order valence-electron chi connectivity index (χ4n) is 3.64. The number of fused-ring (bicyclic) bond motifs is 1. The molecule has 11 heteroatoms.